The summed E-state index contributed by atoms with van der Waals surface area (Å²) in [6, 6.07) is 7.30. The highest BCUT2D eigenvalue weighted by Crippen LogP contribution is 2.39. The maximum atomic E-state index is 13.6. The molecule has 1 fully saturated rings. The minimum Gasteiger partial charge on any atom is -0.493 e. The van der Waals surface area contributed by atoms with E-state index in [1.165, 1.54) is 29.7 Å². The number of ether oxygens (including phenoxy) is 2. The van der Waals surface area contributed by atoms with Gasteiger partial charge < -0.3 is 19.7 Å². The number of carbonyl (C=O) groups is 1. The molecule has 2 aromatic heterocycles. The molecule has 11 heteroatoms. The van der Waals surface area contributed by atoms with Crippen LogP contribution in [0.5, 0.6) is 5.75 Å². The zero-order chi connectivity index (χ0) is 25.5. The van der Waals surface area contributed by atoms with Gasteiger partial charge in [-0.25, -0.2) is 4.98 Å². The summed E-state index contributed by atoms with van der Waals surface area (Å²) < 4.78 is 51.5. The SMILES string of the molecule is CCCCCOc1ccc(Nc2nc(-c3ccc(C(=O)N4CCOCC4)cn3)cs2)cc1C(F)(F)F. The van der Waals surface area contributed by atoms with Gasteiger partial charge in [0.25, 0.3) is 5.91 Å². The van der Waals surface area contributed by atoms with E-state index in [-0.39, 0.29) is 24.0 Å². The first kappa shape index (κ1) is 25.9. The molecule has 3 heterocycles. The molecule has 36 heavy (non-hydrogen) atoms. The fourth-order valence-electron chi connectivity index (χ4n) is 3.68. The number of benzene rings is 1. The summed E-state index contributed by atoms with van der Waals surface area (Å²) in [5, 5.41) is 5.11. The third-order valence-corrected chi connectivity index (χ3v) is 6.37. The van der Waals surface area contributed by atoms with Crippen molar-refractivity contribution >= 4 is 28.1 Å². The third kappa shape index (κ3) is 6.52. The lowest BCUT2D eigenvalue weighted by Gasteiger charge is -2.26. The van der Waals surface area contributed by atoms with E-state index >= 15 is 0 Å². The lowest BCUT2D eigenvalue weighted by atomic mass is 10.1. The molecule has 0 unspecified atom stereocenters. The molecule has 1 amide bonds. The summed E-state index contributed by atoms with van der Waals surface area (Å²) in [6.45, 7) is 4.39. The van der Waals surface area contributed by atoms with Crippen molar-refractivity contribution in [2.75, 3.05) is 38.2 Å². The smallest absolute Gasteiger partial charge is 0.420 e. The lowest BCUT2D eigenvalue weighted by Crippen LogP contribution is -2.40. The highest BCUT2D eigenvalue weighted by molar-refractivity contribution is 7.14. The van der Waals surface area contributed by atoms with Gasteiger partial charge in [0.1, 0.15) is 11.4 Å². The Morgan fingerprint density at radius 3 is 2.67 bits per heavy atom. The molecule has 0 saturated carbocycles. The maximum absolute atomic E-state index is 13.6. The zero-order valence-corrected chi connectivity index (χ0v) is 20.6. The molecule has 1 aliphatic heterocycles. The van der Waals surface area contributed by atoms with Gasteiger partial charge in [0.15, 0.2) is 5.13 Å². The Morgan fingerprint density at radius 1 is 1.17 bits per heavy atom. The molecule has 3 aromatic rings. The largest absolute Gasteiger partial charge is 0.493 e. The van der Waals surface area contributed by atoms with Crippen molar-refractivity contribution < 1.29 is 27.4 Å². The van der Waals surface area contributed by atoms with E-state index in [9.17, 15) is 18.0 Å². The molecular formula is C25H27F3N4O3S. The van der Waals surface area contributed by atoms with E-state index in [1.807, 2.05) is 6.92 Å². The summed E-state index contributed by atoms with van der Waals surface area (Å²) in [5.41, 5.74) is 1.02. The number of aromatic nitrogens is 2. The van der Waals surface area contributed by atoms with Crippen LogP contribution in [0.4, 0.5) is 24.0 Å². The lowest BCUT2D eigenvalue weighted by molar-refractivity contribution is -0.138. The van der Waals surface area contributed by atoms with Crippen molar-refractivity contribution in [3.8, 4) is 17.1 Å². The quantitative estimate of drug-likeness (QED) is 0.348. The summed E-state index contributed by atoms with van der Waals surface area (Å²) >= 11 is 1.25. The maximum Gasteiger partial charge on any atom is 0.420 e. The predicted octanol–water partition coefficient (Wildman–Crippen LogP) is 6.01. The molecule has 0 atom stereocenters. The molecule has 1 saturated heterocycles. The van der Waals surface area contributed by atoms with Gasteiger partial charge in [-0.2, -0.15) is 13.2 Å². The molecular weight excluding hydrogens is 493 g/mol. The number of carbonyl (C=O) groups excluding carboxylic acids is 1. The Morgan fingerprint density at radius 2 is 1.97 bits per heavy atom. The summed E-state index contributed by atoms with van der Waals surface area (Å²) in [4.78, 5) is 23.1. The second kappa shape index (κ2) is 11.7. The summed E-state index contributed by atoms with van der Waals surface area (Å²) in [7, 11) is 0. The molecule has 1 aliphatic rings. The normalized spacial score (nSPS) is 14.1. The molecule has 0 bridgehead atoms. The van der Waals surface area contributed by atoms with E-state index in [2.05, 4.69) is 15.3 Å². The first-order valence-corrected chi connectivity index (χ1v) is 12.6. The Kier molecular flexibility index (Phi) is 8.42. The van der Waals surface area contributed by atoms with E-state index in [0.717, 1.165) is 18.9 Å². The third-order valence-electron chi connectivity index (χ3n) is 5.62. The van der Waals surface area contributed by atoms with Gasteiger partial charge >= 0.3 is 6.18 Å². The number of anilines is 2. The minimum atomic E-state index is -4.55. The van der Waals surface area contributed by atoms with Crippen LogP contribution in [-0.2, 0) is 10.9 Å². The van der Waals surface area contributed by atoms with Crippen molar-refractivity contribution in [1.82, 2.24) is 14.9 Å². The standard InChI is InChI=1S/C25H27F3N4O3S/c1-2-3-4-11-35-22-8-6-18(14-19(22)25(26,27)28)30-24-31-21(16-36-24)20-7-5-17(15-29-20)23(33)32-9-12-34-13-10-32/h5-8,14-16H,2-4,9-13H2,1H3,(H,30,31). The van der Waals surface area contributed by atoms with Crippen molar-refractivity contribution in [2.45, 2.75) is 32.4 Å². The molecule has 192 valence electrons. The Bertz CT molecular complexity index is 1160. The molecule has 1 aromatic carbocycles. The van der Waals surface area contributed by atoms with E-state index in [0.29, 0.717) is 54.8 Å². The number of pyridine rings is 1. The van der Waals surface area contributed by atoms with E-state index < -0.39 is 11.7 Å². The number of thiazole rings is 1. The number of hydrogen-bond donors (Lipinski definition) is 1. The number of morpholine rings is 1. The van der Waals surface area contributed by atoms with Gasteiger partial charge in [-0.3, -0.25) is 9.78 Å². The zero-order valence-electron chi connectivity index (χ0n) is 19.8. The second-order valence-electron chi connectivity index (χ2n) is 8.26. The van der Waals surface area contributed by atoms with Crippen molar-refractivity contribution in [3.05, 3.63) is 53.0 Å². The molecule has 0 spiro atoms. The summed E-state index contributed by atoms with van der Waals surface area (Å²) in [5.74, 6) is -0.281. The highest BCUT2D eigenvalue weighted by atomic mass is 32.1. The molecule has 7 nitrogen and oxygen atoms in total. The fourth-order valence-corrected chi connectivity index (χ4v) is 4.41. The average molecular weight is 521 g/mol. The van der Waals surface area contributed by atoms with Gasteiger partial charge in [-0.05, 0) is 36.8 Å². The van der Waals surface area contributed by atoms with Crippen LogP contribution in [0.25, 0.3) is 11.4 Å². The number of halogens is 3. The molecule has 4 rings (SSSR count). The van der Waals surface area contributed by atoms with Gasteiger partial charge in [0.2, 0.25) is 0 Å². The first-order valence-electron chi connectivity index (χ1n) is 11.7. The molecule has 0 radical (unpaired) electrons. The fraction of sp³-hybridized carbons (Fsp3) is 0.400. The van der Waals surface area contributed by atoms with Crippen LogP contribution in [0, 0.1) is 0 Å². The van der Waals surface area contributed by atoms with E-state index in [4.69, 9.17) is 9.47 Å². The molecule has 0 aliphatic carbocycles. The average Bonchev–Trinajstić information content (AvgIpc) is 3.35. The number of rotatable bonds is 9. The van der Waals surface area contributed by atoms with Crippen LogP contribution in [0.3, 0.4) is 0 Å². The highest BCUT2D eigenvalue weighted by Gasteiger charge is 2.35. The van der Waals surface area contributed by atoms with Crippen molar-refractivity contribution in [1.29, 1.82) is 0 Å². The van der Waals surface area contributed by atoms with Crippen LogP contribution < -0.4 is 10.1 Å². The Balaban J connectivity index is 1.44. The van der Waals surface area contributed by atoms with Gasteiger partial charge in [0, 0.05) is 30.4 Å². The van der Waals surface area contributed by atoms with Crippen LogP contribution in [0.1, 0.15) is 42.1 Å². The topological polar surface area (TPSA) is 76.6 Å². The number of alkyl halides is 3. The Labute approximate surface area is 211 Å². The number of hydrogen-bond acceptors (Lipinski definition) is 7. The first-order chi connectivity index (χ1) is 17.3. The molecule has 1 N–H and O–H groups in total. The van der Waals surface area contributed by atoms with Crippen LogP contribution in [0.15, 0.2) is 41.9 Å². The summed E-state index contributed by atoms with van der Waals surface area (Å²) in [6.07, 6.45) is -0.480. The minimum absolute atomic E-state index is 0.101. The van der Waals surface area contributed by atoms with Gasteiger partial charge in [-0.15, -0.1) is 11.3 Å². The number of unbranched alkanes of at least 4 members (excludes halogenated alkanes) is 2. The van der Waals surface area contributed by atoms with Crippen LogP contribution >= 0.6 is 11.3 Å². The van der Waals surface area contributed by atoms with E-state index in [1.54, 1.807) is 22.4 Å². The van der Waals surface area contributed by atoms with Crippen LogP contribution in [0.2, 0.25) is 0 Å². The number of nitrogens with zero attached hydrogens (tertiary/aromatic N) is 3. The predicted molar refractivity (Wildman–Crippen MR) is 132 cm³/mol. The van der Waals surface area contributed by atoms with Crippen molar-refractivity contribution in [2.24, 2.45) is 0 Å². The van der Waals surface area contributed by atoms with Gasteiger partial charge in [0.05, 0.1) is 36.6 Å². The monoisotopic (exact) mass is 520 g/mol. The van der Waals surface area contributed by atoms with Crippen molar-refractivity contribution in [3.63, 3.8) is 0 Å². The number of amides is 1. The second-order valence-corrected chi connectivity index (χ2v) is 9.12. The Hall–Kier alpha value is -3.18. The number of nitrogens with one attached hydrogen (secondary N) is 1. The van der Waals surface area contributed by atoms with Gasteiger partial charge in [-0.1, -0.05) is 19.8 Å². The van der Waals surface area contributed by atoms with Crippen LogP contribution in [-0.4, -0.2) is 53.7 Å².